The molecule has 1 aromatic carbocycles. The molecule has 2 N–H and O–H groups in total. The molecule has 2 heterocycles. The summed E-state index contributed by atoms with van der Waals surface area (Å²) < 4.78 is 45.6. The summed E-state index contributed by atoms with van der Waals surface area (Å²) in [6, 6.07) is 3.62. The number of carbonyl (C=O) groups is 1. The summed E-state index contributed by atoms with van der Waals surface area (Å²) in [6.45, 7) is 2.31. The molecule has 2 aliphatic rings. The molecule has 0 aromatic heterocycles. The maximum atomic E-state index is 14.1. The third kappa shape index (κ3) is 3.59. The first-order valence-electron chi connectivity index (χ1n) is 7.87. The average molecular weight is 357 g/mol. The van der Waals surface area contributed by atoms with E-state index in [1.54, 1.807) is 0 Å². The van der Waals surface area contributed by atoms with Gasteiger partial charge in [0.05, 0.1) is 19.1 Å². The number of morpholine rings is 1. The van der Waals surface area contributed by atoms with Crippen LogP contribution in [0.15, 0.2) is 23.1 Å². The number of ether oxygens (including phenoxy) is 1. The Morgan fingerprint density at radius 2 is 2.08 bits per heavy atom. The van der Waals surface area contributed by atoms with Gasteiger partial charge < -0.3 is 15.4 Å². The van der Waals surface area contributed by atoms with Crippen molar-refractivity contribution in [2.45, 2.75) is 11.3 Å². The van der Waals surface area contributed by atoms with Gasteiger partial charge >= 0.3 is 0 Å². The minimum atomic E-state index is -3.96. The Morgan fingerprint density at radius 3 is 2.75 bits per heavy atom. The van der Waals surface area contributed by atoms with Gasteiger partial charge in [0.2, 0.25) is 15.9 Å². The van der Waals surface area contributed by atoms with Gasteiger partial charge in [-0.25, -0.2) is 12.8 Å². The number of hydrogen-bond acceptors (Lipinski definition) is 5. The fraction of sp³-hybridized carbons (Fsp3) is 0.533. The molecule has 3 rings (SSSR count). The lowest BCUT2D eigenvalue weighted by Crippen LogP contribution is -2.40. The van der Waals surface area contributed by atoms with Crippen molar-refractivity contribution in [2.24, 2.45) is 5.92 Å². The van der Waals surface area contributed by atoms with Crippen LogP contribution in [-0.4, -0.2) is 58.0 Å². The number of carbonyl (C=O) groups excluding carboxylic acids is 1. The van der Waals surface area contributed by atoms with E-state index < -0.39 is 20.7 Å². The van der Waals surface area contributed by atoms with Crippen LogP contribution in [0.5, 0.6) is 0 Å². The Labute approximate surface area is 140 Å². The molecule has 2 fully saturated rings. The molecule has 9 heteroatoms. The van der Waals surface area contributed by atoms with Crippen molar-refractivity contribution in [1.82, 2.24) is 9.62 Å². The highest BCUT2D eigenvalue weighted by molar-refractivity contribution is 7.89. The van der Waals surface area contributed by atoms with Gasteiger partial charge in [0.1, 0.15) is 10.7 Å². The molecule has 1 unspecified atom stereocenters. The molecule has 1 aromatic rings. The van der Waals surface area contributed by atoms with Crippen molar-refractivity contribution in [3.05, 3.63) is 24.0 Å². The second-order valence-corrected chi connectivity index (χ2v) is 7.75. The van der Waals surface area contributed by atoms with E-state index in [1.807, 2.05) is 0 Å². The monoisotopic (exact) mass is 357 g/mol. The Balaban J connectivity index is 1.81. The Hall–Kier alpha value is -1.55. The number of amides is 1. The smallest absolute Gasteiger partial charge is 0.246 e. The van der Waals surface area contributed by atoms with E-state index in [-0.39, 0.29) is 43.8 Å². The van der Waals surface area contributed by atoms with Gasteiger partial charge in [-0.05, 0) is 31.2 Å². The van der Waals surface area contributed by atoms with Crippen LogP contribution in [0.25, 0.3) is 0 Å². The fourth-order valence-corrected chi connectivity index (χ4v) is 4.33. The molecule has 0 spiro atoms. The summed E-state index contributed by atoms with van der Waals surface area (Å²) in [5, 5.41) is 5.76. The van der Waals surface area contributed by atoms with E-state index in [0.717, 1.165) is 19.0 Å². The van der Waals surface area contributed by atoms with E-state index in [9.17, 15) is 17.6 Å². The third-order valence-corrected chi connectivity index (χ3v) is 6.13. The number of sulfonamides is 1. The van der Waals surface area contributed by atoms with Crippen molar-refractivity contribution in [3.63, 3.8) is 0 Å². The predicted molar refractivity (Wildman–Crippen MR) is 85.6 cm³/mol. The number of halogens is 1. The van der Waals surface area contributed by atoms with Crippen molar-refractivity contribution in [1.29, 1.82) is 0 Å². The molecule has 0 aliphatic carbocycles. The number of hydrogen-bond donors (Lipinski definition) is 2. The fourth-order valence-electron chi connectivity index (χ4n) is 2.83. The van der Waals surface area contributed by atoms with Crippen LogP contribution in [0.2, 0.25) is 0 Å². The van der Waals surface area contributed by atoms with Crippen LogP contribution >= 0.6 is 0 Å². The van der Waals surface area contributed by atoms with E-state index in [0.29, 0.717) is 6.54 Å². The van der Waals surface area contributed by atoms with Crippen molar-refractivity contribution in [3.8, 4) is 0 Å². The molecule has 7 nitrogen and oxygen atoms in total. The van der Waals surface area contributed by atoms with Crippen LogP contribution in [-0.2, 0) is 19.6 Å². The second kappa shape index (κ2) is 7.14. The van der Waals surface area contributed by atoms with Gasteiger partial charge in [0.15, 0.2) is 0 Å². The highest BCUT2D eigenvalue weighted by Crippen LogP contribution is 2.24. The first-order chi connectivity index (χ1) is 11.5. The van der Waals surface area contributed by atoms with E-state index >= 15 is 0 Å². The van der Waals surface area contributed by atoms with Gasteiger partial charge in [0.25, 0.3) is 0 Å². The number of rotatable bonds is 4. The summed E-state index contributed by atoms with van der Waals surface area (Å²) in [6.07, 6.45) is 0.728. The number of benzene rings is 1. The van der Waals surface area contributed by atoms with Gasteiger partial charge in [-0.3, -0.25) is 4.79 Å². The van der Waals surface area contributed by atoms with Crippen LogP contribution in [0.4, 0.5) is 10.1 Å². The predicted octanol–water partition coefficient (Wildman–Crippen LogP) is 0.395. The summed E-state index contributed by atoms with van der Waals surface area (Å²) >= 11 is 0. The topological polar surface area (TPSA) is 87.7 Å². The molecule has 2 saturated heterocycles. The van der Waals surface area contributed by atoms with E-state index in [1.165, 1.54) is 16.4 Å². The first-order valence-corrected chi connectivity index (χ1v) is 9.31. The maximum Gasteiger partial charge on any atom is 0.246 e. The lowest BCUT2D eigenvalue weighted by Gasteiger charge is -2.26. The molecule has 1 amide bonds. The number of nitrogens with one attached hydrogen (secondary N) is 2. The Morgan fingerprint density at radius 1 is 1.33 bits per heavy atom. The minimum Gasteiger partial charge on any atom is -0.379 e. The van der Waals surface area contributed by atoms with Crippen molar-refractivity contribution >= 4 is 21.6 Å². The van der Waals surface area contributed by atoms with Crippen LogP contribution < -0.4 is 10.6 Å². The van der Waals surface area contributed by atoms with Gasteiger partial charge in [-0.1, -0.05) is 0 Å². The zero-order valence-corrected chi connectivity index (χ0v) is 13.9. The highest BCUT2D eigenvalue weighted by Gasteiger charge is 2.30. The molecular weight excluding hydrogens is 337 g/mol. The zero-order chi connectivity index (χ0) is 17.2. The molecule has 0 radical (unpaired) electrons. The first kappa shape index (κ1) is 17.3. The molecule has 1 atom stereocenters. The number of anilines is 1. The van der Waals surface area contributed by atoms with Crippen molar-refractivity contribution < 1.29 is 22.3 Å². The summed E-state index contributed by atoms with van der Waals surface area (Å²) in [7, 11) is -3.96. The third-order valence-electron chi connectivity index (χ3n) is 4.22. The normalized spacial score (nSPS) is 22.5. The zero-order valence-electron chi connectivity index (χ0n) is 13.1. The summed E-state index contributed by atoms with van der Waals surface area (Å²) in [5.74, 6) is -1.18. The quantitative estimate of drug-likeness (QED) is 0.814. The molecule has 132 valence electrons. The lowest BCUT2D eigenvalue weighted by molar-refractivity contribution is -0.119. The lowest BCUT2D eigenvalue weighted by atomic mass is 10.1. The SMILES string of the molecule is O=C(Nc1ccc(F)c(S(=O)(=O)N2CCOCC2)c1)C1CCNC1. The summed E-state index contributed by atoms with van der Waals surface area (Å²) in [5.41, 5.74) is 0.278. The Bertz CT molecular complexity index is 713. The van der Waals surface area contributed by atoms with Crippen LogP contribution in [0.3, 0.4) is 0 Å². The minimum absolute atomic E-state index is 0.158. The van der Waals surface area contributed by atoms with E-state index in [4.69, 9.17) is 4.74 Å². The van der Waals surface area contributed by atoms with Crippen molar-refractivity contribution in [2.75, 3.05) is 44.7 Å². The van der Waals surface area contributed by atoms with Crippen LogP contribution in [0.1, 0.15) is 6.42 Å². The molecule has 2 aliphatic heterocycles. The Kier molecular flexibility index (Phi) is 5.14. The van der Waals surface area contributed by atoms with Gasteiger partial charge in [-0.15, -0.1) is 0 Å². The van der Waals surface area contributed by atoms with Gasteiger partial charge in [-0.2, -0.15) is 4.31 Å². The average Bonchev–Trinajstić information content (AvgIpc) is 3.12. The maximum absolute atomic E-state index is 14.1. The van der Waals surface area contributed by atoms with Crippen LogP contribution in [0, 0.1) is 11.7 Å². The largest absolute Gasteiger partial charge is 0.379 e. The summed E-state index contributed by atoms with van der Waals surface area (Å²) in [4.78, 5) is 11.7. The van der Waals surface area contributed by atoms with E-state index in [2.05, 4.69) is 10.6 Å². The van der Waals surface area contributed by atoms with Gasteiger partial charge in [0, 0.05) is 25.3 Å². The second-order valence-electron chi connectivity index (χ2n) is 5.84. The number of nitrogens with zero attached hydrogens (tertiary/aromatic N) is 1. The molecular formula is C15H20FN3O4S. The molecule has 0 saturated carbocycles. The molecule has 24 heavy (non-hydrogen) atoms. The molecule has 0 bridgehead atoms. The highest BCUT2D eigenvalue weighted by atomic mass is 32.2. The standard InChI is InChI=1S/C15H20FN3O4S/c16-13-2-1-12(18-15(20)11-3-4-17-10-11)9-14(13)24(21,22)19-5-7-23-8-6-19/h1-2,9,11,17H,3-8,10H2,(H,18,20).